The fraction of sp³-hybridized carbons (Fsp3) is 0.700. The first kappa shape index (κ1) is 18.1. The summed E-state index contributed by atoms with van der Waals surface area (Å²) in [6.45, 7) is 6.25. The largest absolute Gasteiger partial charge is 0.401 e. The molecule has 0 rings (SSSR count). The minimum absolute atomic E-state index is 0.607. The molecule has 0 aromatic heterocycles. The van der Waals surface area contributed by atoms with Crippen molar-refractivity contribution in [1.82, 2.24) is 0 Å². The Labute approximate surface area is 122 Å². The number of alkyl halides is 3. The van der Waals surface area contributed by atoms with Crippen LogP contribution in [-0.4, -0.2) is 33.9 Å². The summed E-state index contributed by atoms with van der Waals surface area (Å²) >= 11 is 17.2. The van der Waals surface area contributed by atoms with E-state index in [4.69, 9.17) is 39.2 Å². The Hall–Kier alpha value is 0.0569. The predicted octanol–water partition coefficient (Wildman–Crippen LogP) is 2.48. The van der Waals surface area contributed by atoms with Crippen molar-refractivity contribution >= 4 is 59.3 Å². The van der Waals surface area contributed by atoms with Crippen LogP contribution in [-0.2, 0) is 18.8 Å². The highest BCUT2D eigenvalue weighted by molar-refractivity contribution is 7.36. The Balaban J connectivity index is 5.74. The van der Waals surface area contributed by atoms with Gasteiger partial charge < -0.3 is 18.8 Å². The second-order valence-electron chi connectivity index (χ2n) is 4.46. The lowest BCUT2D eigenvalue weighted by Crippen LogP contribution is -2.64. The summed E-state index contributed by atoms with van der Waals surface area (Å²) in [6.07, 6.45) is 0. The summed E-state index contributed by atoms with van der Waals surface area (Å²) in [7, 11) is -3.94. The molecule has 0 amide bonds. The number of carbonyl (C=O) groups is 3. The molecule has 8 heteroatoms. The van der Waals surface area contributed by atoms with Crippen molar-refractivity contribution in [3.05, 3.63) is 0 Å². The van der Waals surface area contributed by atoms with Crippen LogP contribution >= 0.6 is 34.8 Å². The van der Waals surface area contributed by atoms with Gasteiger partial charge in [-0.2, -0.15) is 0 Å². The van der Waals surface area contributed by atoms with Crippen LogP contribution in [0.1, 0.15) is 34.6 Å². The van der Waals surface area contributed by atoms with Gasteiger partial charge in [0.1, 0.15) is 0 Å². The topological polar surface area (TPSA) is 60.4 Å². The van der Waals surface area contributed by atoms with Gasteiger partial charge in [0.15, 0.2) is 16.2 Å². The monoisotopic (exact) mass is 332 g/mol. The third-order valence-electron chi connectivity index (χ3n) is 2.58. The summed E-state index contributed by atoms with van der Waals surface area (Å²) < 4.78 is 3.60. The average Bonchev–Trinajstić information content (AvgIpc) is 2.10. The molecule has 0 fully saturated rings. The second-order valence-corrected chi connectivity index (χ2v) is 10.4. The number of halogens is 3. The zero-order valence-electron chi connectivity index (χ0n) is 10.8. The fourth-order valence-electron chi connectivity index (χ4n) is 1.40. The van der Waals surface area contributed by atoms with Gasteiger partial charge in [-0.1, -0.05) is 34.8 Å². The van der Waals surface area contributed by atoms with Crippen LogP contribution in [0.4, 0.5) is 0 Å². The van der Waals surface area contributed by atoms with Crippen LogP contribution in [0.15, 0.2) is 0 Å². The van der Waals surface area contributed by atoms with E-state index >= 15 is 0 Å². The van der Waals surface area contributed by atoms with E-state index in [-0.39, 0.29) is 0 Å². The first-order chi connectivity index (χ1) is 7.79. The number of hydrogen-bond acceptors (Lipinski definition) is 4. The number of carbonyl (C=O) groups excluding carboxylic acids is 3. The highest BCUT2D eigenvalue weighted by Gasteiger charge is 2.58. The maximum atomic E-state index is 11.7. The highest BCUT2D eigenvalue weighted by Crippen LogP contribution is 2.42. The summed E-state index contributed by atoms with van der Waals surface area (Å²) in [4.78, 5) is 35.2. The third-order valence-corrected chi connectivity index (χ3v) is 7.73. The maximum Gasteiger partial charge on any atom is 0.401 e. The Morgan fingerprint density at radius 2 is 1.17 bits per heavy atom. The average molecular weight is 334 g/mol. The standard InChI is InChI=1S/C10H15Cl3O4Si/c1-6(14)18(7(2)15,8(3)16)17-9(4,5)10(11,12)13/h1-5H3. The molecule has 0 aliphatic heterocycles. The molecule has 0 aromatic rings. The number of hydrogen-bond donors (Lipinski definition) is 0. The van der Waals surface area contributed by atoms with Gasteiger partial charge in [-0.25, -0.2) is 0 Å². The van der Waals surface area contributed by atoms with Gasteiger partial charge in [-0.15, -0.1) is 0 Å². The molecule has 0 aliphatic carbocycles. The molecule has 0 N–H and O–H groups in total. The van der Waals surface area contributed by atoms with Gasteiger partial charge in [-0.05, 0) is 34.6 Å². The van der Waals surface area contributed by atoms with Crippen LogP contribution in [0, 0.1) is 0 Å². The van der Waals surface area contributed by atoms with E-state index in [2.05, 4.69) is 0 Å². The predicted molar refractivity (Wildman–Crippen MR) is 73.3 cm³/mol. The molecule has 0 radical (unpaired) electrons. The van der Waals surface area contributed by atoms with Crippen molar-refractivity contribution in [3.8, 4) is 0 Å². The van der Waals surface area contributed by atoms with Crippen LogP contribution in [0.2, 0.25) is 0 Å². The van der Waals surface area contributed by atoms with E-state index < -0.39 is 33.9 Å². The Morgan fingerprint density at radius 3 is 1.33 bits per heavy atom. The van der Waals surface area contributed by atoms with Crippen LogP contribution in [0.3, 0.4) is 0 Å². The zero-order chi connectivity index (χ0) is 14.9. The smallest absolute Gasteiger partial charge is 0.390 e. The molecule has 0 spiro atoms. The van der Waals surface area contributed by atoms with E-state index in [9.17, 15) is 14.4 Å². The minimum Gasteiger partial charge on any atom is -0.390 e. The molecule has 4 nitrogen and oxygen atoms in total. The summed E-state index contributed by atoms with van der Waals surface area (Å²) in [5.74, 6) is 0. The van der Waals surface area contributed by atoms with Crippen molar-refractivity contribution in [3.63, 3.8) is 0 Å². The molecule has 18 heavy (non-hydrogen) atoms. The SMILES string of the molecule is CC(=O)[Si](OC(C)(C)C(Cl)(Cl)Cl)(C(C)=O)C(C)=O. The lowest BCUT2D eigenvalue weighted by molar-refractivity contribution is -0.122. The first-order valence-electron chi connectivity index (χ1n) is 5.09. The van der Waals surface area contributed by atoms with Gasteiger partial charge in [0.05, 0.1) is 5.60 Å². The Morgan fingerprint density at radius 1 is 0.889 bits per heavy atom. The number of rotatable bonds is 5. The van der Waals surface area contributed by atoms with E-state index in [0.717, 1.165) is 20.8 Å². The van der Waals surface area contributed by atoms with E-state index in [0.29, 0.717) is 0 Å². The van der Waals surface area contributed by atoms with Crippen LogP contribution in [0.25, 0.3) is 0 Å². The quantitative estimate of drug-likeness (QED) is 0.573. The lowest BCUT2D eigenvalue weighted by atomic mass is 10.2. The normalized spacial score (nSPS) is 13.3. The molecule has 0 heterocycles. The Kier molecular flexibility index (Phi) is 5.60. The molecule has 0 atom stereocenters. The Bertz CT molecular complexity index is 351. The van der Waals surface area contributed by atoms with Crippen molar-refractivity contribution < 1.29 is 18.8 Å². The molecular weight excluding hydrogens is 319 g/mol. The van der Waals surface area contributed by atoms with Crippen molar-refractivity contribution in [2.24, 2.45) is 0 Å². The molecule has 0 saturated heterocycles. The molecule has 104 valence electrons. The summed E-state index contributed by atoms with van der Waals surface area (Å²) in [6, 6.07) is 0. The molecular formula is C10H15Cl3O4Si. The lowest BCUT2D eigenvalue weighted by Gasteiger charge is -2.38. The second kappa shape index (κ2) is 5.59. The molecule has 0 aliphatic rings. The van der Waals surface area contributed by atoms with Crippen molar-refractivity contribution in [2.45, 2.75) is 44.0 Å². The van der Waals surface area contributed by atoms with E-state index in [1.54, 1.807) is 0 Å². The van der Waals surface area contributed by atoms with E-state index in [1.807, 2.05) is 0 Å². The molecule has 0 aromatic carbocycles. The van der Waals surface area contributed by atoms with E-state index in [1.165, 1.54) is 13.8 Å². The summed E-state index contributed by atoms with van der Waals surface area (Å²) in [5.41, 5.74) is -1.44. The van der Waals surface area contributed by atoms with Gasteiger partial charge >= 0.3 is 8.32 Å². The van der Waals surface area contributed by atoms with Crippen molar-refractivity contribution in [1.29, 1.82) is 0 Å². The highest BCUT2D eigenvalue weighted by atomic mass is 35.6. The van der Waals surface area contributed by atoms with Gasteiger partial charge in [-0.3, -0.25) is 0 Å². The molecule has 0 saturated carbocycles. The van der Waals surface area contributed by atoms with Crippen molar-refractivity contribution in [2.75, 3.05) is 0 Å². The van der Waals surface area contributed by atoms with Gasteiger partial charge in [0, 0.05) is 0 Å². The third kappa shape index (κ3) is 3.33. The first-order valence-corrected chi connectivity index (χ1v) is 8.13. The zero-order valence-corrected chi connectivity index (χ0v) is 14.0. The van der Waals surface area contributed by atoms with Gasteiger partial charge in [0.25, 0.3) is 0 Å². The molecule has 0 bridgehead atoms. The molecule has 0 unspecified atom stereocenters. The van der Waals surface area contributed by atoms with Gasteiger partial charge in [0.2, 0.25) is 3.79 Å². The summed E-state index contributed by atoms with van der Waals surface area (Å²) in [5, 5.41) is -1.82. The minimum atomic E-state index is -3.94. The van der Waals surface area contributed by atoms with Crippen LogP contribution in [0.5, 0.6) is 0 Å². The van der Waals surface area contributed by atoms with Crippen LogP contribution < -0.4 is 0 Å². The fourth-order valence-corrected chi connectivity index (χ4v) is 4.55. The maximum absolute atomic E-state index is 11.7.